The molecule has 1 rings (SSSR count). The summed E-state index contributed by atoms with van der Waals surface area (Å²) in [5.74, 6) is -1.49. The Hall–Kier alpha value is -0.180. The summed E-state index contributed by atoms with van der Waals surface area (Å²) in [4.78, 5) is 11.8. The van der Waals surface area contributed by atoms with E-state index in [1.165, 1.54) is 11.8 Å². The van der Waals surface area contributed by atoms with Crippen molar-refractivity contribution in [3.05, 3.63) is 0 Å². The van der Waals surface area contributed by atoms with Crippen molar-refractivity contribution in [2.75, 3.05) is 5.75 Å². The number of aliphatic carboxylic acids is 1. The normalized spacial score (nSPS) is 43.7. The number of hydrogen-bond acceptors (Lipinski definition) is 2. The Morgan fingerprint density at radius 2 is 2.20 bits per heavy atom. The van der Waals surface area contributed by atoms with E-state index in [0.29, 0.717) is 0 Å². The number of thioether (sulfide) groups is 1. The molecule has 1 aliphatic carbocycles. The molecule has 1 aliphatic rings. The quantitative estimate of drug-likeness (QED) is 0.814. The summed E-state index contributed by atoms with van der Waals surface area (Å²) < 4.78 is 47.0. The van der Waals surface area contributed by atoms with Crippen LogP contribution in [0.3, 0.4) is 0 Å². The second-order valence-corrected chi connectivity index (χ2v) is 6.52. The minimum absolute atomic E-state index is 0.0889. The summed E-state index contributed by atoms with van der Waals surface area (Å²) in [5.41, 5.74) is -1.93. The number of hydrogen-bond donors (Lipinski definition) is 1. The van der Waals surface area contributed by atoms with Crippen LogP contribution in [0, 0.1) is 5.41 Å². The fraction of sp³-hybridized carbons (Fsp3) is 0.917. The first-order valence-corrected chi connectivity index (χ1v) is 5.97. The lowest BCUT2D eigenvalue weighted by Gasteiger charge is -2.34. The van der Waals surface area contributed by atoms with Crippen LogP contribution in [-0.4, -0.2) is 21.6 Å². The largest absolute Gasteiger partial charge is 0.481 e. The topological polar surface area (TPSA) is 37.3 Å². The lowest BCUT2D eigenvalue weighted by Crippen LogP contribution is -2.36. The molecule has 1 atom stereocenters. The van der Waals surface area contributed by atoms with Crippen molar-refractivity contribution < 1.29 is 18.1 Å². The summed E-state index contributed by atoms with van der Waals surface area (Å²) in [7, 11) is 0. The van der Waals surface area contributed by atoms with Gasteiger partial charge in [-0.15, -0.1) is 0 Å². The number of carboxylic acid groups (broad SMARTS) is 1. The van der Waals surface area contributed by atoms with Gasteiger partial charge in [0.2, 0.25) is 0 Å². The van der Waals surface area contributed by atoms with Crippen molar-refractivity contribution in [3.8, 4) is 0 Å². The molecule has 88 valence electrons. The van der Waals surface area contributed by atoms with E-state index >= 15 is 0 Å². The van der Waals surface area contributed by atoms with E-state index in [0.717, 1.165) is 0 Å². The standard InChI is InChI=1S/C12H22O2S/c1-11(2,3)15-9-12(10(13)14)7-5-4-6-8-12/h4-9H2,1-3H3,(H,13,14)/i4D2,5D2,7D2. The summed E-state index contributed by atoms with van der Waals surface area (Å²) >= 11 is 1.26. The highest BCUT2D eigenvalue weighted by Gasteiger charge is 2.40. The van der Waals surface area contributed by atoms with Crippen molar-refractivity contribution in [2.45, 2.75) is 57.5 Å². The van der Waals surface area contributed by atoms with Gasteiger partial charge >= 0.3 is 5.97 Å². The van der Waals surface area contributed by atoms with Gasteiger partial charge in [0.1, 0.15) is 0 Å². The van der Waals surface area contributed by atoms with Gasteiger partial charge in [-0.25, -0.2) is 0 Å². The van der Waals surface area contributed by atoms with E-state index in [4.69, 9.17) is 8.22 Å². The zero-order chi connectivity index (χ0) is 16.9. The summed E-state index contributed by atoms with van der Waals surface area (Å²) in [5, 5.41) is 9.58. The van der Waals surface area contributed by atoms with Gasteiger partial charge in [0.15, 0.2) is 0 Å². The molecule has 0 heterocycles. The Labute approximate surface area is 105 Å². The monoisotopic (exact) mass is 236 g/mol. The van der Waals surface area contributed by atoms with Crippen molar-refractivity contribution in [1.82, 2.24) is 0 Å². The smallest absolute Gasteiger partial charge is 0.310 e. The Bertz CT molecular complexity index is 432. The third kappa shape index (κ3) is 3.71. The molecular weight excluding hydrogens is 208 g/mol. The van der Waals surface area contributed by atoms with E-state index in [9.17, 15) is 9.90 Å². The molecule has 0 amide bonds. The molecule has 0 aromatic rings. The summed E-state index contributed by atoms with van der Waals surface area (Å²) in [6.07, 6.45) is -8.58. The highest BCUT2D eigenvalue weighted by atomic mass is 32.2. The first kappa shape index (κ1) is 6.53. The maximum Gasteiger partial charge on any atom is 0.310 e. The average molecular weight is 236 g/mol. The minimum Gasteiger partial charge on any atom is -0.481 e. The molecule has 0 aliphatic heterocycles. The molecule has 3 heteroatoms. The molecule has 1 fully saturated rings. The number of rotatable bonds is 3. The summed E-state index contributed by atoms with van der Waals surface area (Å²) in [6, 6.07) is 0. The van der Waals surface area contributed by atoms with Crippen molar-refractivity contribution in [2.24, 2.45) is 5.41 Å². The third-order valence-electron chi connectivity index (χ3n) is 2.23. The summed E-state index contributed by atoms with van der Waals surface area (Å²) in [6.45, 7) is 5.62. The minimum atomic E-state index is -2.87. The molecule has 0 spiro atoms. The van der Waals surface area contributed by atoms with Crippen LogP contribution >= 0.6 is 11.8 Å². The Kier molecular flexibility index (Phi) is 2.08. The number of carbonyl (C=O) groups is 1. The van der Waals surface area contributed by atoms with Crippen LogP contribution < -0.4 is 0 Å². The van der Waals surface area contributed by atoms with Crippen molar-refractivity contribution in [3.63, 3.8) is 0 Å². The van der Waals surface area contributed by atoms with Crippen LogP contribution in [0.15, 0.2) is 0 Å². The maximum atomic E-state index is 11.8. The van der Waals surface area contributed by atoms with Gasteiger partial charge < -0.3 is 5.11 Å². The predicted octanol–water partition coefficient (Wildman–Crippen LogP) is 3.55. The molecule has 0 aromatic heterocycles. The van der Waals surface area contributed by atoms with E-state index < -0.39 is 30.5 Å². The lowest BCUT2D eigenvalue weighted by atomic mass is 9.76. The molecule has 0 saturated heterocycles. The van der Waals surface area contributed by atoms with Gasteiger partial charge in [-0.1, -0.05) is 39.9 Å². The van der Waals surface area contributed by atoms with Crippen molar-refractivity contribution in [1.29, 1.82) is 0 Å². The van der Waals surface area contributed by atoms with E-state index in [1.807, 2.05) is 20.8 Å². The molecule has 0 bridgehead atoms. The van der Waals surface area contributed by atoms with E-state index in [2.05, 4.69) is 0 Å². The Morgan fingerprint density at radius 1 is 1.53 bits per heavy atom. The van der Waals surface area contributed by atoms with Gasteiger partial charge in [-0.2, -0.15) is 11.8 Å². The van der Waals surface area contributed by atoms with Crippen LogP contribution in [-0.2, 0) is 4.79 Å². The van der Waals surface area contributed by atoms with Crippen LogP contribution in [0.5, 0.6) is 0 Å². The van der Waals surface area contributed by atoms with E-state index in [-0.39, 0.29) is 23.3 Å². The second kappa shape index (κ2) is 4.77. The van der Waals surface area contributed by atoms with Gasteiger partial charge in [0, 0.05) is 18.7 Å². The van der Waals surface area contributed by atoms with Crippen LogP contribution in [0.25, 0.3) is 0 Å². The Balaban J connectivity index is 3.30. The fourth-order valence-corrected chi connectivity index (χ4v) is 2.25. The van der Waals surface area contributed by atoms with Gasteiger partial charge in [-0.3, -0.25) is 4.79 Å². The average Bonchev–Trinajstić information content (AvgIpc) is 2.25. The fourth-order valence-electron chi connectivity index (χ4n) is 1.23. The first-order chi connectivity index (χ1) is 9.11. The SMILES string of the molecule is [2H]C1([2H])CCC(CSC(C)(C)C)(C(=O)O)C([2H])([2H])C1([2H])[2H]. The molecule has 2 nitrogen and oxygen atoms in total. The highest BCUT2D eigenvalue weighted by Crippen LogP contribution is 2.41. The van der Waals surface area contributed by atoms with Crippen LogP contribution in [0.4, 0.5) is 0 Å². The van der Waals surface area contributed by atoms with E-state index in [1.54, 1.807) is 0 Å². The lowest BCUT2D eigenvalue weighted by molar-refractivity contribution is -0.149. The zero-order valence-electron chi connectivity index (χ0n) is 15.4. The molecule has 0 radical (unpaired) electrons. The van der Waals surface area contributed by atoms with Gasteiger partial charge in [0.25, 0.3) is 0 Å². The highest BCUT2D eigenvalue weighted by molar-refractivity contribution is 8.00. The molecule has 1 N–H and O–H groups in total. The van der Waals surface area contributed by atoms with Gasteiger partial charge in [0.05, 0.1) is 5.41 Å². The molecule has 1 unspecified atom stereocenters. The first-order valence-electron chi connectivity index (χ1n) is 7.98. The van der Waals surface area contributed by atoms with Crippen LogP contribution in [0.2, 0.25) is 0 Å². The molecule has 0 aromatic carbocycles. The molecule has 15 heavy (non-hydrogen) atoms. The number of carboxylic acids is 1. The zero-order valence-corrected chi connectivity index (χ0v) is 10.2. The third-order valence-corrected chi connectivity index (χ3v) is 3.73. The maximum absolute atomic E-state index is 11.8. The second-order valence-electron chi connectivity index (χ2n) is 4.72. The predicted molar refractivity (Wildman–Crippen MR) is 65.4 cm³/mol. The van der Waals surface area contributed by atoms with Crippen LogP contribution in [0.1, 0.15) is 61.0 Å². The molecule has 1 saturated carbocycles. The van der Waals surface area contributed by atoms with Crippen molar-refractivity contribution >= 4 is 17.7 Å². The molecular formula is C12H22O2S. The van der Waals surface area contributed by atoms with Gasteiger partial charge in [-0.05, 0) is 12.8 Å². The Morgan fingerprint density at radius 3 is 2.73 bits per heavy atom.